The summed E-state index contributed by atoms with van der Waals surface area (Å²) in [6.07, 6.45) is 3.01. The highest BCUT2D eigenvalue weighted by Crippen LogP contribution is 2.37. The van der Waals surface area contributed by atoms with Crippen molar-refractivity contribution in [2.45, 2.75) is 31.3 Å². The topological polar surface area (TPSA) is 86.1 Å². The first-order valence-corrected chi connectivity index (χ1v) is 13.7. The first kappa shape index (κ1) is 25.9. The molecule has 12 heteroatoms. The van der Waals surface area contributed by atoms with Gasteiger partial charge in [-0.25, -0.2) is 14.4 Å². The normalized spacial score (nSPS) is 17.9. The lowest BCUT2D eigenvalue weighted by Crippen LogP contribution is -2.40. The Morgan fingerprint density at radius 2 is 2.16 bits per heavy atom. The fraction of sp³-hybridized carbons (Fsp3) is 0.360. The van der Waals surface area contributed by atoms with E-state index in [0.717, 1.165) is 23.5 Å². The average Bonchev–Trinajstić information content (AvgIpc) is 3.58. The van der Waals surface area contributed by atoms with Gasteiger partial charge in [0.1, 0.15) is 11.5 Å². The van der Waals surface area contributed by atoms with Crippen molar-refractivity contribution in [3.8, 4) is 11.6 Å². The summed E-state index contributed by atoms with van der Waals surface area (Å²) in [7, 11) is 1.48. The number of carbonyl (C=O) groups excluding carboxylic acids is 1. The van der Waals surface area contributed by atoms with Gasteiger partial charge in [0.25, 0.3) is 11.8 Å². The molecule has 2 aliphatic rings. The first-order valence-electron chi connectivity index (χ1n) is 11.7. The van der Waals surface area contributed by atoms with E-state index in [4.69, 9.17) is 30.9 Å². The summed E-state index contributed by atoms with van der Waals surface area (Å²) in [6, 6.07) is 6.42. The number of hydrogen-bond donors (Lipinski definition) is 0. The Balaban J connectivity index is 1.14. The third kappa shape index (κ3) is 5.73. The highest BCUT2D eigenvalue weighted by atomic mass is 79.9. The molecule has 1 aromatic carbocycles. The SMILES string of the molecule is COc1ncc(Cl)cc1OCC(=O)N1CCC(c2nc(C3=NOC(c4c(F)cccc4Br)C3)cs2)CC1. The van der Waals surface area contributed by atoms with Gasteiger partial charge in [-0.15, -0.1) is 11.3 Å². The van der Waals surface area contributed by atoms with Gasteiger partial charge in [0.05, 0.1) is 22.8 Å². The highest BCUT2D eigenvalue weighted by Gasteiger charge is 2.31. The number of amides is 1. The summed E-state index contributed by atoms with van der Waals surface area (Å²) in [4.78, 5) is 28.9. The smallest absolute Gasteiger partial charge is 0.260 e. The predicted molar refractivity (Wildman–Crippen MR) is 141 cm³/mol. The zero-order chi connectivity index (χ0) is 25.9. The molecule has 1 atom stereocenters. The Kier molecular flexibility index (Phi) is 7.92. The van der Waals surface area contributed by atoms with Crippen LogP contribution >= 0.6 is 38.9 Å². The molecule has 194 valence electrons. The van der Waals surface area contributed by atoms with Crippen molar-refractivity contribution < 1.29 is 23.5 Å². The summed E-state index contributed by atoms with van der Waals surface area (Å²) in [6.45, 7) is 1.10. The molecule has 0 aliphatic carbocycles. The lowest BCUT2D eigenvalue weighted by Gasteiger charge is -2.31. The number of carbonyl (C=O) groups is 1. The minimum Gasteiger partial charge on any atom is -0.478 e. The number of benzene rings is 1. The maximum absolute atomic E-state index is 14.3. The minimum atomic E-state index is -0.491. The number of piperidine rings is 1. The second-order valence-electron chi connectivity index (χ2n) is 8.65. The molecule has 8 nitrogen and oxygen atoms in total. The molecule has 1 fully saturated rings. The van der Waals surface area contributed by atoms with Crippen molar-refractivity contribution in [2.24, 2.45) is 5.16 Å². The third-order valence-corrected chi connectivity index (χ3v) is 8.24. The molecular weight excluding hydrogens is 587 g/mol. The van der Waals surface area contributed by atoms with Crippen LogP contribution in [0.25, 0.3) is 0 Å². The first-order chi connectivity index (χ1) is 17.9. The van der Waals surface area contributed by atoms with Crippen LogP contribution in [0.15, 0.2) is 45.5 Å². The van der Waals surface area contributed by atoms with E-state index >= 15 is 0 Å². The number of halogens is 3. The molecule has 2 aromatic heterocycles. The number of pyridine rings is 1. The molecule has 0 saturated carbocycles. The fourth-order valence-electron chi connectivity index (χ4n) is 4.38. The van der Waals surface area contributed by atoms with E-state index in [1.807, 2.05) is 5.38 Å². The van der Waals surface area contributed by atoms with Crippen LogP contribution in [0.4, 0.5) is 4.39 Å². The van der Waals surface area contributed by atoms with Gasteiger partial charge in [0.2, 0.25) is 0 Å². The molecule has 0 bridgehead atoms. The molecule has 0 radical (unpaired) electrons. The van der Waals surface area contributed by atoms with Gasteiger partial charge in [-0.1, -0.05) is 38.8 Å². The average molecular weight is 610 g/mol. The van der Waals surface area contributed by atoms with Gasteiger partial charge < -0.3 is 19.2 Å². The van der Waals surface area contributed by atoms with Crippen molar-refractivity contribution in [2.75, 3.05) is 26.8 Å². The summed E-state index contributed by atoms with van der Waals surface area (Å²) < 4.78 is 25.8. The minimum absolute atomic E-state index is 0.108. The number of likely N-dealkylation sites (tertiary alicyclic amines) is 1. The molecular formula is C25H23BrClFN4O4S. The third-order valence-electron chi connectivity index (χ3n) is 6.33. The number of methoxy groups -OCH3 is 1. The van der Waals surface area contributed by atoms with Crippen LogP contribution in [-0.2, 0) is 9.63 Å². The number of ether oxygens (including phenoxy) is 2. The summed E-state index contributed by atoms with van der Waals surface area (Å²) in [5.41, 5.74) is 1.92. The van der Waals surface area contributed by atoms with Crippen LogP contribution in [0.1, 0.15) is 47.5 Å². The van der Waals surface area contributed by atoms with Gasteiger partial charge in [-0.3, -0.25) is 4.79 Å². The number of aromatic nitrogens is 2. The Bertz CT molecular complexity index is 1310. The molecule has 4 heterocycles. The van der Waals surface area contributed by atoms with E-state index in [2.05, 4.69) is 26.1 Å². The number of hydrogen-bond acceptors (Lipinski definition) is 8. The molecule has 3 aromatic rings. The maximum atomic E-state index is 14.3. The molecule has 1 unspecified atom stereocenters. The van der Waals surface area contributed by atoms with Crippen molar-refractivity contribution in [3.05, 3.63) is 67.4 Å². The molecule has 0 spiro atoms. The zero-order valence-corrected chi connectivity index (χ0v) is 23.0. The van der Waals surface area contributed by atoms with E-state index in [1.165, 1.54) is 19.4 Å². The van der Waals surface area contributed by atoms with Gasteiger partial charge in [-0.2, -0.15) is 0 Å². The summed E-state index contributed by atoms with van der Waals surface area (Å²) in [5.74, 6) is 0.422. The van der Waals surface area contributed by atoms with Crippen LogP contribution in [0, 0.1) is 5.82 Å². The second kappa shape index (κ2) is 11.3. The summed E-state index contributed by atoms with van der Waals surface area (Å²) >= 11 is 11.0. The van der Waals surface area contributed by atoms with Crippen molar-refractivity contribution in [1.82, 2.24) is 14.9 Å². The Morgan fingerprint density at radius 1 is 1.35 bits per heavy atom. The van der Waals surface area contributed by atoms with Gasteiger partial charge >= 0.3 is 0 Å². The van der Waals surface area contributed by atoms with Crippen molar-refractivity contribution in [1.29, 1.82) is 0 Å². The van der Waals surface area contributed by atoms with Crippen LogP contribution in [0.3, 0.4) is 0 Å². The number of nitrogens with zero attached hydrogens (tertiary/aromatic N) is 4. The largest absolute Gasteiger partial charge is 0.478 e. The Labute approximate surface area is 230 Å². The summed E-state index contributed by atoms with van der Waals surface area (Å²) in [5, 5.41) is 7.56. The number of thiazole rings is 1. The van der Waals surface area contributed by atoms with Gasteiger partial charge in [-0.05, 0) is 25.0 Å². The Morgan fingerprint density at radius 3 is 2.92 bits per heavy atom. The standard InChI is InChI=1S/C25H23BrClFN4O4S/c1-34-24-21(9-15(27)11-29-24)35-12-22(33)32-7-5-14(6-8-32)25-30-19(13-37-25)18-10-20(36-31-18)23-16(26)3-2-4-17(23)28/h2-4,9,11,13-14,20H,5-8,10,12H2,1H3. The van der Waals surface area contributed by atoms with Crippen LogP contribution in [-0.4, -0.2) is 53.3 Å². The molecule has 2 aliphatic heterocycles. The molecule has 1 saturated heterocycles. The van der Waals surface area contributed by atoms with E-state index in [-0.39, 0.29) is 30.1 Å². The number of oxime groups is 1. The monoisotopic (exact) mass is 608 g/mol. The zero-order valence-electron chi connectivity index (χ0n) is 19.8. The van der Waals surface area contributed by atoms with Crippen molar-refractivity contribution in [3.63, 3.8) is 0 Å². The quantitative estimate of drug-likeness (QED) is 0.339. The highest BCUT2D eigenvalue weighted by molar-refractivity contribution is 9.10. The predicted octanol–water partition coefficient (Wildman–Crippen LogP) is 5.75. The van der Waals surface area contributed by atoms with E-state index in [9.17, 15) is 9.18 Å². The maximum Gasteiger partial charge on any atom is 0.260 e. The Hall–Kier alpha value is -2.76. The molecule has 37 heavy (non-hydrogen) atoms. The lowest BCUT2D eigenvalue weighted by molar-refractivity contribution is -0.134. The van der Waals surface area contributed by atoms with Gasteiger partial charge in [0.15, 0.2) is 18.5 Å². The lowest BCUT2D eigenvalue weighted by atomic mass is 9.97. The number of rotatable bonds is 7. The van der Waals surface area contributed by atoms with E-state index in [1.54, 1.807) is 34.4 Å². The van der Waals surface area contributed by atoms with Crippen LogP contribution in [0.2, 0.25) is 5.02 Å². The van der Waals surface area contributed by atoms with Gasteiger partial charge in [0, 0.05) is 53.1 Å². The molecule has 0 N–H and O–H groups in total. The van der Waals surface area contributed by atoms with E-state index < -0.39 is 6.10 Å². The van der Waals surface area contributed by atoms with E-state index in [0.29, 0.717) is 46.0 Å². The second-order valence-corrected chi connectivity index (χ2v) is 10.8. The molecule has 5 rings (SSSR count). The molecule has 1 amide bonds. The van der Waals surface area contributed by atoms with Crippen molar-refractivity contribution >= 4 is 50.5 Å². The van der Waals surface area contributed by atoms with Crippen LogP contribution in [0.5, 0.6) is 11.6 Å². The fourth-order valence-corrected chi connectivity index (χ4v) is 6.13. The van der Waals surface area contributed by atoms with Crippen LogP contribution < -0.4 is 9.47 Å².